The van der Waals surface area contributed by atoms with E-state index in [1.807, 2.05) is 24.3 Å². The van der Waals surface area contributed by atoms with Gasteiger partial charge in [0.25, 0.3) is 0 Å². The lowest BCUT2D eigenvalue weighted by Gasteiger charge is -2.18. The van der Waals surface area contributed by atoms with Gasteiger partial charge in [-0.2, -0.15) is 0 Å². The van der Waals surface area contributed by atoms with Crippen LogP contribution in [0.4, 0.5) is 0 Å². The number of benzene rings is 1. The third-order valence-corrected chi connectivity index (χ3v) is 3.58. The zero-order valence-electron chi connectivity index (χ0n) is 12.2. The van der Waals surface area contributed by atoms with Crippen molar-refractivity contribution < 1.29 is 14.6 Å². The predicted molar refractivity (Wildman–Crippen MR) is 81.0 cm³/mol. The van der Waals surface area contributed by atoms with Crippen molar-refractivity contribution in [1.82, 2.24) is 4.98 Å². The second kappa shape index (κ2) is 6.88. The van der Waals surface area contributed by atoms with Crippen molar-refractivity contribution in [3.8, 4) is 11.5 Å². The molecule has 0 aliphatic carbocycles. The number of aromatic nitrogens is 1. The number of carboxylic acid groups (broad SMARTS) is 1. The summed E-state index contributed by atoms with van der Waals surface area (Å²) >= 11 is 0. The summed E-state index contributed by atoms with van der Waals surface area (Å²) in [6.07, 6.45) is 4.86. The number of nitrogens with zero attached hydrogens (tertiary/aromatic N) is 1. The minimum Gasteiger partial charge on any atom is -0.477 e. The molecule has 21 heavy (non-hydrogen) atoms. The van der Waals surface area contributed by atoms with Gasteiger partial charge in [-0.15, -0.1) is 0 Å². The number of aromatic carboxylic acids is 1. The van der Waals surface area contributed by atoms with Crippen molar-refractivity contribution in [2.45, 2.75) is 32.6 Å². The Morgan fingerprint density at radius 3 is 2.57 bits per heavy atom. The van der Waals surface area contributed by atoms with Crippen molar-refractivity contribution >= 4 is 5.97 Å². The molecule has 1 aromatic carbocycles. The van der Waals surface area contributed by atoms with Crippen LogP contribution in [0.15, 0.2) is 42.7 Å². The normalized spacial score (nSPS) is 10.6. The fraction of sp³-hybridized carbons (Fsp3) is 0.294. The molecular formula is C17H19NO3. The van der Waals surface area contributed by atoms with E-state index in [4.69, 9.17) is 4.74 Å². The Kier molecular flexibility index (Phi) is 4.93. The molecule has 0 radical (unpaired) electrons. The van der Waals surface area contributed by atoms with Gasteiger partial charge in [0.05, 0.1) is 0 Å². The number of pyridine rings is 1. The van der Waals surface area contributed by atoms with Crippen LogP contribution in [-0.4, -0.2) is 16.1 Å². The smallest absolute Gasteiger partial charge is 0.341 e. The predicted octanol–water partition coefficient (Wildman–Crippen LogP) is 4.48. The molecule has 0 bridgehead atoms. The van der Waals surface area contributed by atoms with Crippen molar-refractivity contribution in [2.75, 3.05) is 0 Å². The Morgan fingerprint density at radius 2 is 1.90 bits per heavy atom. The Balaban J connectivity index is 2.39. The maximum Gasteiger partial charge on any atom is 0.341 e. The van der Waals surface area contributed by atoms with Gasteiger partial charge < -0.3 is 9.84 Å². The molecule has 4 heteroatoms. The molecule has 0 unspecified atom stereocenters. The summed E-state index contributed by atoms with van der Waals surface area (Å²) in [5, 5.41) is 9.19. The Hall–Kier alpha value is -2.36. The zero-order valence-corrected chi connectivity index (χ0v) is 12.2. The molecule has 1 aromatic heterocycles. The lowest BCUT2D eigenvalue weighted by atomic mass is 9.93. The van der Waals surface area contributed by atoms with E-state index in [9.17, 15) is 9.90 Å². The van der Waals surface area contributed by atoms with E-state index in [2.05, 4.69) is 18.8 Å². The zero-order chi connectivity index (χ0) is 15.2. The average molecular weight is 285 g/mol. The van der Waals surface area contributed by atoms with Crippen LogP contribution in [0.1, 0.15) is 48.5 Å². The van der Waals surface area contributed by atoms with E-state index >= 15 is 0 Å². The topological polar surface area (TPSA) is 59.4 Å². The molecule has 2 rings (SSSR count). The van der Waals surface area contributed by atoms with Crippen LogP contribution in [0.2, 0.25) is 0 Å². The molecule has 4 nitrogen and oxygen atoms in total. The molecule has 0 atom stereocenters. The van der Waals surface area contributed by atoms with Crippen LogP contribution >= 0.6 is 0 Å². The van der Waals surface area contributed by atoms with Gasteiger partial charge in [0, 0.05) is 18.5 Å². The van der Waals surface area contributed by atoms with Crippen LogP contribution in [0.25, 0.3) is 0 Å². The molecule has 0 amide bonds. The third kappa shape index (κ3) is 3.40. The fourth-order valence-electron chi connectivity index (χ4n) is 2.39. The lowest BCUT2D eigenvalue weighted by molar-refractivity contribution is 0.0693. The number of hydrogen-bond donors (Lipinski definition) is 1. The first-order valence-corrected chi connectivity index (χ1v) is 7.11. The Bertz CT molecular complexity index is 621. The molecule has 0 spiro atoms. The van der Waals surface area contributed by atoms with Gasteiger partial charge in [-0.3, -0.25) is 4.98 Å². The molecule has 0 fully saturated rings. The number of ether oxygens (including phenoxy) is 1. The molecule has 0 aliphatic heterocycles. The van der Waals surface area contributed by atoms with E-state index in [1.165, 1.54) is 12.4 Å². The van der Waals surface area contributed by atoms with Crippen molar-refractivity contribution in [1.29, 1.82) is 0 Å². The van der Waals surface area contributed by atoms with Gasteiger partial charge in [-0.05, 0) is 30.4 Å². The van der Waals surface area contributed by atoms with E-state index in [-0.39, 0.29) is 5.56 Å². The molecule has 1 heterocycles. The molecule has 1 N–H and O–H groups in total. The number of para-hydroxylation sites is 1. The first kappa shape index (κ1) is 15.0. The minimum absolute atomic E-state index is 0.0665. The number of carbonyl (C=O) groups is 1. The Morgan fingerprint density at radius 1 is 1.19 bits per heavy atom. The minimum atomic E-state index is -1.04. The van der Waals surface area contributed by atoms with Gasteiger partial charge in [-0.1, -0.05) is 32.0 Å². The maximum atomic E-state index is 11.2. The van der Waals surface area contributed by atoms with Gasteiger partial charge >= 0.3 is 5.97 Å². The summed E-state index contributed by atoms with van der Waals surface area (Å²) in [5.74, 6) is 0.380. The summed E-state index contributed by atoms with van der Waals surface area (Å²) < 4.78 is 5.87. The van der Waals surface area contributed by atoms with Gasteiger partial charge in [0.15, 0.2) is 0 Å². The number of rotatable bonds is 6. The summed E-state index contributed by atoms with van der Waals surface area (Å²) in [4.78, 5) is 15.1. The highest BCUT2D eigenvalue weighted by atomic mass is 16.5. The first-order valence-electron chi connectivity index (χ1n) is 7.11. The second-order valence-corrected chi connectivity index (χ2v) is 4.83. The monoisotopic (exact) mass is 285 g/mol. The molecule has 110 valence electrons. The largest absolute Gasteiger partial charge is 0.477 e. The maximum absolute atomic E-state index is 11.2. The van der Waals surface area contributed by atoms with Crippen LogP contribution in [0, 0.1) is 0 Å². The van der Waals surface area contributed by atoms with Crippen molar-refractivity contribution in [2.24, 2.45) is 0 Å². The Labute approximate surface area is 124 Å². The molecule has 0 aliphatic rings. The van der Waals surface area contributed by atoms with E-state index in [1.54, 1.807) is 6.07 Å². The van der Waals surface area contributed by atoms with E-state index in [0.29, 0.717) is 17.4 Å². The van der Waals surface area contributed by atoms with Crippen LogP contribution in [0.3, 0.4) is 0 Å². The van der Waals surface area contributed by atoms with Gasteiger partial charge in [0.2, 0.25) is 0 Å². The SMILES string of the molecule is CCC(CC)c1ccccc1Oc1ccncc1C(=O)O. The molecular weight excluding hydrogens is 266 g/mol. The standard InChI is InChI=1S/C17H19NO3/c1-3-12(4-2)13-7-5-6-8-15(13)21-16-9-10-18-11-14(16)17(19)20/h5-12H,3-4H2,1-2H3,(H,19,20). The van der Waals surface area contributed by atoms with Crippen LogP contribution in [-0.2, 0) is 0 Å². The van der Waals surface area contributed by atoms with E-state index in [0.717, 1.165) is 18.4 Å². The second-order valence-electron chi connectivity index (χ2n) is 4.83. The number of carboxylic acids is 1. The van der Waals surface area contributed by atoms with Crippen LogP contribution < -0.4 is 4.74 Å². The van der Waals surface area contributed by atoms with Crippen molar-refractivity contribution in [3.63, 3.8) is 0 Å². The third-order valence-electron chi connectivity index (χ3n) is 3.58. The molecule has 2 aromatic rings. The van der Waals surface area contributed by atoms with E-state index < -0.39 is 5.97 Å². The summed E-state index contributed by atoms with van der Waals surface area (Å²) in [5.41, 5.74) is 1.17. The summed E-state index contributed by atoms with van der Waals surface area (Å²) in [6, 6.07) is 9.36. The lowest BCUT2D eigenvalue weighted by Crippen LogP contribution is -2.03. The first-order chi connectivity index (χ1) is 10.2. The summed E-state index contributed by atoms with van der Waals surface area (Å²) in [7, 11) is 0. The van der Waals surface area contributed by atoms with Gasteiger partial charge in [0.1, 0.15) is 17.1 Å². The average Bonchev–Trinajstić information content (AvgIpc) is 2.50. The van der Waals surface area contributed by atoms with Crippen LogP contribution in [0.5, 0.6) is 11.5 Å². The molecule has 0 saturated heterocycles. The van der Waals surface area contributed by atoms with Crippen molar-refractivity contribution in [3.05, 3.63) is 53.9 Å². The highest BCUT2D eigenvalue weighted by molar-refractivity contribution is 5.90. The van der Waals surface area contributed by atoms with Gasteiger partial charge in [-0.25, -0.2) is 4.79 Å². The quantitative estimate of drug-likeness (QED) is 0.850. The highest BCUT2D eigenvalue weighted by Gasteiger charge is 2.16. The highest BCUT2D eigenvalue weighted by Crippen LogP contribution is 2.34. The summed E-state index contributed by atoms with van der Waals surface area (Å²) in [6.45, 7) is 4.28. The number of hydrogen-bond acceptors (Lipinski definition) is 3. The fourth-order valence-corrected chi connectivity index (χ4v) is 2.39. The molecule has 0 saturated carbocycles.